The average molecular weight is 450 g/mol. The fourth-order valence-electron chi connectivity index (χ4n) is 5.64. The predicted octanol–water partition coefficient (Wildman–Crippen LogP) is 5.57. The van der Waals surface area contributed by atoms with E-state index >= 15 is 0 Å². The van der Waals surface area contributed by atoms with E-state index in [1.165, 1.54) is 30.0 Å². The number of hydrogen-bond acceptors (Lipinski definition) is 5. The van der Waals surface area contributed by atoms with E-state index < -0.39 is 0 Å². The van der Waals surface area contributed by atoms with Gasteiger partial charge in [0, 0.05) is 31.0 Å². The fraction of sp³-hybridized carbons (Fsp3) is 0.360. The molecular weight excluding hydrogens is 425 g/mol. The summed E-state index contributed by atoms with van der Waals surface area (Å²) in [5.41, 5.74) is 7.38. The van der Waals surface area contributed by atoms with Gasteiger partial charge in [0.2, 0.25) is 5.95 Å². The first-order valence-electron chi connectivity index (χ1n) is 11.2. The van der Waals surface area contributed by atoms with Gasteiger partial charge in [-0.1, -0.05) is 11.6 Å². The minimum absolute atomic E-state index is 0.217. The number of rotatable bonds is 3. The molecule has 3 aliphatic rings. The summed E-state index contributed by atoms with van der Waals surface area (Å²) in [7, 11) is 2.20. The molecule has 1 N–H and O–H groups in total. The molecule has 3 aromatic rings. The van der Waals surface area contributed by atoms with Crippen LogP contribution in [0.25, 0.3) is 0 Å². The van der Waals surface area contributed by atoms with E-state index in [-0.39, 0.29) is 5.82 Å². The lowest BCUT2D eigenvalue weighted by molar-refractivity contribution is 0.266. The molecule has 1 atom stereocenters. The van der Waals surface area contributed by atoms with Crippen molar-refractivity contribution in [2.24, 2.45) is 0 Å². The van der Waals surface area contributed by atoms with Crippen LogP contribution in [-0.2, 0) is 19.4 Å². The van der Waals surface area contributed by atoms with Crippen LogP contribution in [0.3, 0.4) is 0 Å². The van der Waals surface area contributed by atoms with Gasteiger partial charge in [0.15, 0.2) is 5.82 Å². The Kier molecular flexibility index (Phi) is 4.81. The molecule has 164 valence electrons. The van der Waals surface area contributed by atoms with Gasteiger partial charge in [0.05, 0.1) is 6.20 Å². The molecule has 0 saturated heterocycles. The van der Waals surface area contributed by atoms with Crippen LogP contribution in [-0.4, -0.2) is 35.0 Å². The summed E-state index contributed by atoms with van der Waals surface area (Å²) >= 11 is 6.49. The number of nitrogens with one attached hydrogen (secondary N) is 1. The van der Waals surface area contributed by atoms with E-state index in [2.05, 4.69) is 34.4 Å². The number of aryl methyl sites for hydroxylation is 1. The van der Waals surface area contributed by atoms with E-state index in [9.17, 15) is 4.39 Å². The minimum Gasteiger partial charge on any atom is -0.324 e. The van der Waals surface area contributed by atoms with Crippen molar-refractivity contribution in [1.82, 2.24) is 14.9 Å². The summed E-state index contributed by atoms with van der Waals surface area (Å²) in [5, 5.41) is 3.90. The molecular formula is C25H25ClFN5. The van der Waals surface area contributed by atoms with Crippen molar-refractivity contribution in [2.75, 3.05) is 30.4 Å². The van der Waals surface area contributed by atoms with Gasteiger partial charge >= 0.3 is 0 Å². The van der Waals surface area contributed by atoms with Gasteiger partial charge in [-0.05, 0) is 91.2 Å². The summed E-state index contributed by atoms with van der Waals surface area (Å²) < 4.78 is 13.6. The van der Waals surface area contributed by atoms with Crippen molar-refractivity contribution < 1.29 is 4.39 Å². The second-order valence-corrected chi connectivity index (χ2v) is 9.57. The Labute approximate surface area is 192 Å². The highest BCUT2D eigenvalue weighted by Gasteiger charge is 2.29. The standard InChI is InChI=1S/C25H25ClFN5/c1-31-13-17-4-2-3-16-10-20(11-18(14-31)23(16)17)29-25-28-12-21(26)24(30-25)32-8-7-15-9-19(27)5-6-22(15)32/h5-6,9-12,17H,2-4,7-8,13-14H2,1H3,(H,28,29,30). The SMILES string of the molecule is CN1Cc2cc(Nc3ncc(Cl)c(N4CCc5cc(F)ccc54)n3)cc3c2C(CCC3)C1. The molecule has 0 fully saturated rings. The van der Waals surface area contributed by atoms with Gasteiger partial charge in [0.25, 0.3) is 0 Å². The second-order valence-electron chi connectivity index (χ2n) is 9.16. The van der Waals surface area contributed by atoms with Crippen molar-refractivity contribution in [3.8, 4) is 0 Å². The number of fused-ring (bicyclic) bond motifs is 1. The average Bonchev–Trinajstić information content (AvgIpc) is 3.17. The highest BCUT2D eigenvalue weighted by molar-refractivity contribution is 6.33. The minimum atomic E-state index is -0.217. The van der Waals surface area contributed by atoms with E-state index in [0.717, 1.165) is 42.9 Å². The lowest BCUT2D eigenvalue weighted by Crippen LogP contribution is -2.33. The zero-order valence-corrected chi connectivity index (χ0v) is 18.8. The summed E-state index contributed by atoms with van der Waals surface area (Å²) in [6.45, 7) is 2.84. The largest absolute Gasteiger partial charge is 0.324 e. The molecule has 1 aromatic heterocycles. The lowest BCUT2D eigenvalue weighted by Gasteiger charge is -2.37. The Morgan fingerprint density at radius 3 is 2.91 bits per heavy atom. The maximum absolute atomic E-state index is 13.6. The molecule has 32 heavy (non-hydrogen) atoms. The zero-order chi connectivity index (χ0) is 21.8. The van der Waals surface area contributed by atoms with E-state index in [4.69, 9.17) is 16.6 Å². The number of benzene rings is 2. The summed E-state index contributed by atoms with van der Waals surface area (Å²) in [5.74, 6) is 1.60. The number of anilines is 4. The van der Waals surface area contributed by atoms with Crippen LogP contribution in [0.2, 0.25) is 5.02 Å². The Hall–Kier alpha value is -2.70. The molecule has 6 rings (SSSR count). The molecule has 0 radical (unpaired) electrons. The molecule has 0 amide bonds. The number of aromatic nitrogens is 2. The molecule has 3 heterocycles. The molecule has 0 bridgehead atoms. The first kappa shape index (κ1) is 19.9. The van der Waals surface area contributed by atoms with Gasteiger partial charge in [-0.3, -0.25) is 0 Å². The fourth-order valence-corrected chi connectivity index (χ4v) is 5.83. The monoisotopic (exact) mass is 449 g/mol. The normalized spacial score (nSPS) is 19.6. The summed E-state index contributed by atoms with van der Waals surface area (Å²) in [6.07, 6.45) is 6.05. The Bertz CT molecular complexity index is 1210. The number of likely N-dealkylation sites (N-methyl/N-ethyl adjacent to an activating group) is 1. The Balaban J connectivity index is 1.33. The van der Waals surface area contributed by atoms with Gasteiger partial charge in [-0.25, -0.2) is 9.37 Å². The third kappa shape index (κ3) is 3.42. The number of halogens is 2. The lowest BCUT2D eigenvalue weighted by atomic mass is 9.77. The molecule has 0 spiro atoms. The molecule has 0 saturated carbocycles. The van der Waals surface area contributed by atoms with Gasteiger partial charge in [-0.15, -0.1) is 0 Å². The molecule has 5 nitrogen and oxygen atoms in total. The Morgan fingerprint density at radius 1 is 1.12 bits per heavy atom. The first-order valence-corrected chi connectivity index (χ1v) is 11.6. The maximum Gasteiger partial charge on any atom is 0.229 e. The topological polar surface area (TPSA) is 44.3 Å². The van der Waals surface area contributed by atoms with Crippen molar-refractivity contribution in [3.63, 3.8) is 0 Å². The highest BCUT2D eigenvalue weighted by atomic mass is 35.5. The Morgan fingerprint density at radius 2 is 2.00 bits per heavy atom. The smallest absolute Gasteiger partial charge is 0.229 e. The quantitative estimate of drug-likeness (QED) is 0.566. The zero-order valence-electron chi connectivity index (χ0n) is 18.0. The van der Waals surface area contributed by atoms with E-state index in [1.807, 2.05) is 4.90 Å². The predicted molar refractivity (Wildman–Crippen MR) is 126 cm³/mol. The van der Waals surface area contributed by atoms with Crippen molar-refractivity contribution >= 4 is 34.7 Å². The van der Waals surface area contributed by atoms with Crippen molar-refractivity contribution in [2.45, 2.75) is 38.1 Å². The maximum atomic E-state index is 13.6. The molecule has 2 aliphatic heterocycles. The molecule has 1 aliphatic carbocycles. The van der Waals surface area contributed by atoms with Crippen LogP contribution in [0.4, 0.5) is 27.5 Å². The molecule has 2 aromatic carbocycles. The van der Waals surface area contributed by atoms with Crippen molar-refractivity contribution in [1.29, 1.82) is 0 Å². The van der Waals surface area contributed by atoms with Crippen LogP contribution in [0.15, 0.2) is 36.5 Å². The van der Waals surface area contributed by atoms with Crippen LogP contribution in [0.1, 0.15) is 41.0 Å². The van der Waals surface area contributed by atoms with Crippen molar-refractivity contribution in [3.05, 3.63) is 69.6 Å². The van der Waals surface area contributed by atoms with Gasteiger partial charge in [0.1, 0.15) is 10.8 Å². The number of nitrogens with zero attached hydrogens (tertiary/aromatic N) is 4. The summed E-state index contributed by atoms with van der Waals surface area (Å²) in [6, 6.07) is 9.38. The summed E-state index contributed by atoms with van der Waals surface area (Å²) in [4.78, 5) is 13.6. The van der Waals surface area contributed by atoms with E-state index in [0.29, 0.717) is 29.3 Å². The molecule has 7 heteroatoms. The molecule has 1 unspecified atom stereocenters. The van der Waals surface area contributed by atoms with Gasteiger partial charge < -0.3 is 15.1 Å². The third-order valence-corrected chi connectivity index (χ3v) is 7.17. The van der Waals surface area contributed by atoms with Gasteiger partial charge in [-0.2, -0.15) is 4.98 Å². The number of hydrogen-bond donors (Lipinski definition) is 1. The van der Waals surface area contributed by atoms with E-state index in [1.54, 1.807) is 23.9 Å². The highest BCUT2D eigenvalue weighted by Crippen LogP contribution is 2.41. The van der Waals surface area contributed by atoms with Crippen LogP contribution >= 0.6 is 11.6 Å². The van der Waals surface area contributed by atoms with Crippen LogP contribution in [0, 0.1) is 5.82 Å². The van der Waals surface area contributed by atoms with Crippen LogP contribution in [0.5, 0.6) is 0 Å². The second kappa shape index (κ2) is 7.71. The first-order chi connectivity index (χ1) is 15.5. The third-order valence-electron chi connectivity index (χ3n) is 6.91. The van der Waals surface area contributed by atoms with Crippen LogP contribution < -0.4 is 10.2 Å².